The van der Waals surface area contributed by atoms with E-state index in [0.717, 1.165) is 6.41 Å². The number of aromatic nitrogens is 2. The number of non-ortho nitro benzene ring substituents is 1. The van der Waals surface area contributed by atoms with Crippen molar-refractivity contribution in [3.63, 3.8) is 0 Å². The number of hydrogen-bond acceptors (Lipinski definition) is 6. The highest BCUT2D eigenvalue weighted by Crippen LogP contribution is 2.18. The zero-order valence-corrected chi connectivity index (χ0v) is 19.4. The number of carboxylic acids is 1. The molecule has 4 rings (SSSR count). The molecule has 0 fully saturated rings. The fourth-order valence-electron chi connectivity index (χ4n) is 3.20. The van der Waals surface area contributed by atoms with Crippen LogP contribution in [0.1, 0.15) is 21.7 Å². The van der Waals surface area contributed by atoms with Gasteiger partial charge >= 0.3 is 5.97 Å². The van der Waals surface area contributed by atoms with E-state index in [9.17, 15) is 29.6 Å². The molecule has 0 saturated heterocycles. The van der Waals surface area contributed by atoms with Crippen molar-refractivity contribution in [2.75, 3.05) is 14.1 Å². The third-order valence-electron chi connectivity index (χ3n) is 4.87. The van der Waals surface area contributed by atoms with E-state index >= 15 is 0 Å². The molecule has 3 aromatic carbocycles. The summed E-state index contributed by atoms with van der Waals surface area (Å²) < 4.78 is 1.32. The van der Waals surface area contributed by atoms with Gasteiger partial charge in [-0.15, -0.1) is 0 Å². The van der Waals surface area contributed by atoms with Crippen LogP contribution in [-0.4, -0.2) is 51.0 Å². The molecule has 36 heavy (non-hydrogen) atoms. The zero-order chi connectivity index (χ0) is 26.2. The minimum atomic E-state index is -1.11. The summed E-state index contributed by atoms with van der Waals surface area (Å²) in [7, 11) is 3.38. The summed E-state index contributed by atoms with van der Waals surface area (Å²) in [4.78, 5) is 50.6. The van der Waals surface area contributed by atoms with Gasteiger partial charge in [-0.05, 0) is 42.0 Å². The summed E-state index contributed by atoms with van der Waals surface area (Å²) in [6.07, 6.45) is 3.93. The molecule has 0 saturated carbocycles. The van der Waals surface area contributed by atoms with E-state index in [4.69, 9.17) is 0 Å². The van der Waals surface area contributed by atoms with Crippen LogP contribution in [0.5, 0.6) is 0 Å². The van der Waals surface area contributed by atoms with E-state index in [0.29, 0.717) is 22.2 Å². The lowest BCUT2D eigenvalue weighted by atomic mass is 10.1. The fourth-order valence-corrected chi connectivity index (χ4v) is 3.20. The van der Waals surface area contributed by atoms with Crippen LogP contribution >= 0.6 is 0 Å². The predicted molar refractivity (Wildman–Crippen MR) is 136 cm³/mol. The Kier molecular flexibility index (Phi) is 8.03. The van der Waals surface area contributed by atoms with E-state index in [-0.39, 0.29) is 22.6 Å². The SMILES string of the molecule is CN(C)C=O.O=C(O)c1cccc(-n2c(/C=C/c3cccc([N+](=O)[O-])c3)nc3ccccc3c2=O)c1. The number of fused-ring (bicyclic) bond motifs is 1. The molecule has 0 radical (unpaired) electrons. The van der Waals surface area contributed by atoms with Gasteiger partial charge in [0.05, 0.1) is 27.1 Å². The minimum Gasteiger partial charge on any atom is -0.478 e. The highest BCUT2D eigenvalue weighted by Gasteiger charge is 2.13. The number of carbonyl (C=O) groups is 2. The second kappa shape index (κ2) is 11.3. The highest BCUT2D eigenvalue weighted by molar-refractivity contribution is 5.88. The first-order chi connectivity index (χ1) is 17.2. The fraction of sp³-hybridized carbons (Fsp3) is 0.0769. The second-order valence-electron chi connectivity index (χ2n) is 7.74. The number of hydrogen-bond donors (Lipinski definition) is 1. The summed E-state index contributed by atoms with van der Waals surface area (Å²) in [5.41, 5.74) is 1.01. The first-order valence-corrected chi connectivity index (χ1v) is 10.6. The molecule has 10 heteroatoms. The lowest BCUT2D eigenvalue weighted by Gasteiger charge is -2.12. The van der Waals surface area contributed by atoms with Crippen LogP contribution in [0, 0.1) is 10.1 Å². The largest absolute Gasteiger partial charge is 0.478 e. The van der Waals surface area contributed by atoms with E-state index in [1.54, 1.807) is 74.8 Å². The summed E-state index contributed by atoms with van der Waals surface area (Å²) in [6, 6.07) is 18.9. The molecule has 0 aliphatic rings. The van der Waals surface area contributed by atoms with Gasteiger partial charge in [0.25, 0.3) is 11.2 Å². The van der Waals surface area contributed by atoms with Crippen LogP contribution in [0.4, 0.5) is 5.69 Å². The molecular formula is C26H22N4O6. The van der Waals surface area contributed by atoms with Crippen molar-refractivity contribution in [3.8, 4) is 5.69 Å². The van der Waals surface area contributed by atoms with Crippen LogP contribution in [0.15, 0.2) is 77.6 Å². The lowest BCUT2D eigenvalue weighted by Crippen LogP contribution is -2.22. The Morgan fingerprint density at radius 3 is 2.39 bits per heavy atom. The first-order valence-electron chi connectivity index (χ1n) is 10.6. The number of aromatic carboxylic acids is 1. The van der Waals surface area contributed by atoms with Crippen molar-refractivity contribution in [1.29, 1.82) is 0 Å². The quantitative estimate of drug-likeness (QED) is 0.248. The van der Waals surface area contributed by atoms with E-state index < -0.39 is 10.9 Å². The number of para-hydroxylation sites is 1. The van der Waals surface area contributed by atoms with E-state index in [1.165, 1.54) is 33.7 Å². The second-order valence-corrected chi connectivity index (χ2v) is 7.74. The number of amides is 1. The average molecular weight is 486 g/mol. The Morgan fingerprint density at radius 2 is 1.72 bits per heavy atom. The van der Waals surface area contributed by atoms with Crippen molar-refractivity contribution in [2.24, 2.45) is 0 Å². The van der Waals surface area contributed by atoms with Gasteiger partial charge < -0.3 is 10.0 Å². The first kappa shape index (κ1) is 25.5. The molecule has 4 aromatic rings. The number of nitrogens with zero attached hydrogens (tertiary/aromatic N) is 4. The van der Waals surface area contributed by atoms with Crippen molar-refractivity contribution in [2.45, 2.75) is 0 Å². The third-order valence-corrected chi connectivity index (χ3v) is 4.87. The molecule has 0 bridgehead atoms. The molecule has 0 spiro atoms. The highest BCUT2D eigenvalue weighted by atomic mass is 16.6. The van der Waals surface area contributed by atoms with Crippen LogP contribution in [-0.2, 0) is 4.79 Å². The van der Waals surface area contributed by atoms with Crippen molar-refractivity contribution in [3.05, 3.63) is 110 Å². The van der Waals surface area contributed by atoms with Gasteiger partial charge in [-0.2, -0.15) is 0 Å². The van der Waals surface area contributed by atoms with Gasteiger partial charge in [0.2, 0.25) is 6.41 Å². The van der Waals surface area contributed by atoms with Crippen molar-refractivity contribution in [1.82, 2.24) is 14.5 Å². The Hall–Kier alpha value is -5.12. The van der Waals surface area contributed by atoms with Gasteiger partial charge in [-0.1, -0.05) is 36.4 Å². The van der Waals surface area contributed by atoms with Crippen molar-refractivity contribution < 1.29 is 19.6 Å². The number of nitro groups is 1. The Labute approximate surface area is 205 Å². The van der Waals surface area contributed by atoms with E-state index in [2.05, 4.69) is 4.98 Å². The standard InChI is InChI=1S/C23H15N3O5.C3H7NO/c27-22-19-9-1-2-10-20(19)24-21(12-11-15-5-3-8-18(13-15)26(30)31)25(22)17-7-4-6-16(14-17)23(28)29;1-4(2)3-5/h1-14H,(H,28,29);3H,1-2H3/b12-11+;. The van der Waals surface area contributed by atoms with Crippen LogP contribution < -0.4 is 5.56 Å². The maximum Gasteiger partial charge on any atom is 0.335 e. The number of carboxylic acid groups (broad SMARTS) is 1. The molecule has 10 nitrogen and oxygen atoms in total. The molecule has 1 heterocycles. The minimum absolute atomic E-state index is 0.0335. The molecule has 1 N–H and O–H groups in total. The van der Waals surface area contributed by atoms with Gasteiger partial charge in [-0.25, -0.2) is 9.78 Å². The molecule has 0 aliphatic heterocycles. The maximum absolute atomic E-state index is 13.2. The van der Waals surface area contributed by atoms with Gasteiger partial charge in [0.15, 0.2) is 0 Å². The Morgan fingerprint density at radius 1 is 1.03 bits per heavy atom. The number of carbonyl (C=O) groups excluding carboxylic acids is 1. The smallest absolute Gasteiger partial charge is 0.335 e. The van der Waals surface area contributed by atoms with Gasteiger partial charge in [0, 0.05) is 26.2 Å². The number of rotatable bonds is 6. The van der Waals surface area contributed by atoms with Gasteiger partial charge in [0.1, 0.15) is 5.82 Å². The van der Waals surface area contributed by atoms with Crippen LogP contribution in [0.2, 0.25) is 0 Å². The molecule has 0 atom stereocenters. The zero-order valence-electron chi connectivity index (χ0n) is 19.4. The summed E-state index contributed by atoms with van der Waals surface area (Å²) in [6.45, 7) is 0. The third kappa shape index (κ3) is 6.06. The van der Waals surface area contributed by atoms with Crippen LogP contribution in [0.3, 0.4) is 0 Å². The number of nitro benzene ring substituents is 1. The maximum atomic E-state index is 13.2. The molecular weight excluding hydrogens is 464 g/mol. The number of benzene rings is 3. The molecule has 0 unspecified atom stereocenters. The predicted octanol–water partition coefficient (Wildman–Crippen LogP) is 3.87. The Balaban J connectivity index is 0.000000658. The molecule has 1 amide bonds. The summed E-state index contributed by atoms with van der Waals surface area (Å²) in [5.74, 6) is -0.852. The monoisotopic (exact) mass is 486 g/mol. The topological polar surface area (TPSA) is 136 Å². The van der Waals surface area contributed by atoms with Gasteiger partial charge in [-0.3, -0.25) is 24.3 Å². The lowest BCUT2D eigenvalue weighted by molar-refractivity contribution is -0.384. The Bertz CT molecular complexity index is 1520. The van der Waals surface area contributed by atoms with Crippen molar-refractivity contribution >= 4 is 41.1 Å². The summed E-state index contributed by atoms with van der Waals surface area (Å²) >= 11 is 0. The average Bonchev–Trinajstić information content (AvgIpc) is 2.88. The molecule has 0 aliphatic carbocycles. The molecule has 1 aromatic heterocycles. The van der Waals surface area contributed by atoms with E-state index in [1.807, 2.05) is 0 Å². The molecule has 182 valence electrons. The normalized spacial score (nSPS) is 10.5. The van der Waals surface area contributed by atoms with Crippen LogP contribution in [0.25, 0.3) is 28.7 Å². The summed E-state index contributed by atoms with van der Waals surface area (Å²) in [5, 5.41) is 20.7.